The Morgan fingerprint density at radius 2 is 2.10 bits per heavy atom. The first kappa shape index (κ1) is 15.7. The van der Waals surface area contributed by atoms with Gasteiger partial charge in [-0.2, -0.15) is 5.10 Å². The Hall–Kier alpha value is -1.71. The lowest BCUT2D eigenvalue weighted by Gasteiger charge is -2.09. The van der Waals surface area contributed by atoms with Gasteiger partial charge >= 0.3 is 0 Å². The largest absolute Gasteiger partial charge is 0.347 e. The lowest BCUT2D eigenvalue weighted by Crippen LogP contribution is -2.27. The highest BCUT2D eigenvalue weighted by atomic mass is 32.2. The molecule has 0 fully saturated rings. The summed E-state index contributed by atoms with van der Waals surface area (Å²) in [5.74, 6) is 0.549. The second-order valence-corrected chi connectivity index (χ2v) is 6.71. The number of aromatic nitrogens is 4. The summed E-state index contributed by atoms with van der Waals surface area (Å²) >= 11 is 0. The molecular formula is C12H20N6O2S. The molecule has 8 nitrogen and oxygen atoms in total. The zero-order valence-electron chi connectivity index (χ0n) is 12.3. The second-order valence-electron chi connectivity index (χ2n) is 5.03. The number of rotatable bonds is 7. The summed E-state index contributed by atoms with van der Waals surface area (Å²) < 4.78 is 27.2. The molecule has 0 atom stereocenters. The summed E-state index contributed by atoms with van der Waals surface area (Å²) in [5, 5.41) is 9.87. The van der Waals surface area contributed by atoms with E-state index in [-0.39, 0.29) is 17.6 Å². The lowest BCUT2D eigenvalue weighted by molar-refractivity contribution is 0.563. The summed E-state index contributed by atoms with van der Waals surface area (Å²) in [4.78, 5) is 6.82. The minimum atomic E-state index is -3.69. The molecule has 0 aromatic carbocycles. The Balaban J connectivity index is 2.15. The number of aromatic amines is 2. The van der Waals surface area contributed by atoms with Gasteiger partial charge in [-0.1, -0.05) is 13.8 Å². The standard InChI is InChI=1S/C12H20N6O2S/c1-8(2)15-6-10-9(3)17-18-12(10)21(19,20)16-7-11-13-4-5-14-11/h4-5,8,15-16H,6-7H2,1-3H3,(H,13,14)(H,17,18). The third-order valence-electron chi connectivity index (χ3n) is 2.96. The SMILES string of the molecule is Cc1[nH]nc(S(=O)(=O)NCc2ncc[nH]2)c1CNC(C)C. The Morgan fingerprint density at radius 1 is 1.33 bits per heavy atom. The topological polar surface area (TPSA) is 116 Å². The molecule has 0 bridgehead atoms. The van der Waals surface area contributed by atoms with Gasteiger partial charge in [-0.25, -0.2) is 18.1 Å². The molecule has 0 saturated heterocycles. The number of imidazole rings is 1. The van der Waals surface area contributed by atoms with E-state index in [1.807, 2.05) is 13.8 Å². The van der Waals surface area contributed by atoms with Crippen LogP contribution in [0, 0.1) is 6.92 Å². The van der Waals surface area contributed by atoms with Crippen molar-refractivity contribution in [1.82, 2.24) is 30.2 Å². The van der Waals surface area contributed by atoms with Crippen LogP contribution in [0.15, 0.2) is 17.4 Å². The highest BCUT2D eigenvalue weighted by Crippen LogP contribution is 2.16. The molecular weight excluding hydrogens is 292 g/mol. The number of hydrogen-bond donors (Lipinski definition) is 4. The minimum absolute atomic E-state index is 0.0275. The van der Waals surface area contributed by atoms with Gasteiger partial charge in [-0.3, -0.25) is 5.10 Å². The Morgan fingerprint density at radius 3 is 2.71 bits per heavy atom. The molecule has 4 N–H and O–H groups in total. The van der Waals surface area contributed by atoms with E-state index in [9.17, 15) is 8.42 Å². The monoisotopic (exact) mass is 312 g/mol. The van der Waals surface area contributed by atoms with E-state index in [2.05, 4.69) is 30.2 Å². The zero-order valence-corrected chi connectivity index (χ0v) is 13.1. The fourth-order valence-corrected chi connectivity index (χ4v) is 2.97. The molecule has 2 aromatic rings. The van der Waals surface area contributed by atoms with Crippen LogP contribution in [0.25, 0.3) is 0 Å². The second kappa shape index (κ2) is 6.37. The zero-order chi connectivity index (χ0) is 15.5. The van der Waals surface area contributed by atoms with Crippen LogP contribution < -0.4 is 10.0 Å². The van der Waals surface area contributed by atoms with Crippen LogP contribution in [0.3, 0.4) is 0 Å². The summed E-state index contributed by atoms with van der Waals surface area (Å²) in [6.07, 6.45) is 3.21. The molecule has 0 saturated carbocycles. The number of H-pyrrole nitrogens is 2. The predicted molar refractivity (Wildman–Crippen MR) is 77.9 cm³/mol. The average molecular weight is 312 g/mol. The molecule has 116 valence electrons. The number of aryl methyl sites for hydroxylation is 1. The van der Waals surface area contributed by atoms with Crippen LogP contribution in [0.5, 0.6) is 0 Å². The molecule has 0 aliphatic carbocycles. The number of nitrogens with one attached hydrogen (secondary N) is 4. The van der Waals surface area contributed by atoms with Crippen molar-refractivity contribution in [3.8, 4) is 0 Å². The van der Waals surface area contributed by atoms with Crippen molar-refractivity contribution in [3.05, 3.63) is 29.5 Å². The van der Waals surface area contributed by atoms with Crippen molar-refractivity contribution in [3.63, 3.8) is 0 Å². The third-order valence-corrected chi connectivity index (χ3v) is 4.33. The van der Waals surface area contributed by atoms with E-state index < -0.39 is 10.0 Å². The lowest BCUT2D eigenvalue weighted by atomic mass is 10.2. The van der Waals surface area contributed by atoms with Crippen molar-refractivity contribution in [2.24, 2.45) is 0 Å². The van der Waals surface area contributed by atoms with E-state index >= 15 is 0 Å². The van der Waals surface area contributed by atoms with Crippen molar-refractivity contribution in [2.45, 2.75) is 44.9 Å². The van der Waals surface area contributed by atoms with Gasteiger partial charge in [-0.05, 0) is 6.92 Å². The normalized spacial score (nSPS) is 12.2. The summed E-state index contributed by atoms with van der Waals surface area (Å²) in [5.41, 5.74) is 1.39. The number of hydrogen-bond acceptors (Lipinski definition) is 5. The molecule has 0 amide bonds. The third kappa shape index (κ3) is 3.90. The molecule has 2 rings (SSSR count). The van der Waals surface area contributed by atoms with Crippen molar-refractivity contribution in [1.29, 1.82) is 0 Å². The average Bonchev–Trinajstić information content (AvgIpc) is 3.03. The van der Waals surface area contributed by atoms with Crippen molar-refractivity contribution in [2.75, 3.05) is 0 Å². The fraction of sp³-hybridized carbons (Fsp3) is 0.500. The van der Waals surface area contributed by atoms with Gasteiger partial charge in [0.2, 0.25) is 0 Å². The molecule has 21 heavy (non-hydrogen) atoms. The first-order valence-electron chi connectivity index (χ1n) is 6.65. The predicted octanol–water partition coefficient (Wildman–Crippen LogP) is 0.418. The van der Waals surface area contributed by atoms with E-state index in [0.29, 0.717) is 17.9 Å². The number of nitrogens with zero attached hydrogens (tertiary/aromatic N) is 2. The van der Waals surface area contributed by atoms with Crippen LogP contribution >= 0.6 is 0 Å². The quantitative estimate of drug-likeness (QED) is 0.591. The van der Waals surface area contributed by atoms with Gasteiger partial charge in [0, 0.05) is 36.2 Å². The highest BCUT2D eigenvalue weighted by Gasteiger charge is 2.23. The Kier molecular flexibility index (Phi) is 4.76. The van der Waals surface area contributed by atoms with Gasteiger partial charge in [0.15, 0.2) is 5.03 Å². The Bertz CT molecular complexity index is 675. The summed E-state index contributed by atoms with van der Waals surface area (Å²) in [7, 11) is -3.69. The molecule has 0 spiro atoms. The van der Waals surface area contributed by atoms with Gasteiger partial charge in [0.05, 0.1) is 6.54 Å². The van der Waals surface area contributed by atoms with Crippen LogP contribution in [-0.4, -0.2) is 34.6 Å². The van der Waals surface area contributed by atoms with E-state index in [4.69, 9.17) is 0 Å². The highest BCUT2D eigenvalue weighted by molar-refractivity contribution is 7.89. The first-order chi connectivity index (χ1) is 9.90. The van der Waals surface area contributed by atoms with E-state index in [0.717, 1.165) is 5.69 Å². The van der Waals surface area contributed by atoms with Gasteiger partial charge in [0.25, 0.3) is 10.0 Å². The molecule has 2 heterocycles. The maximum atomic E-state index is 12.3. The molecule has 9 heteroatoms. The summed E-state index contributed by atoms with van der Waals surface area (Å²) in [6.45, 7) is 6.34. The van der Waals surface area contributed by atoms with Gasteiger partial charge in [-0.15, -0.1) is 0 Å². The van der Waals surface area contributed by atoms with Crippen molar-refractivity contribution >= 4 is 10.0 Å². The summed E-state index contributed by atoms with van der Waals surface area (Å²) in [6, 6.07) is 0.255. The smallest absolute Gasteiger partial charge is 0.260 e. The maximum Gasteiger partial charge on any atom is 0.260 e. The van der Waals surface area contributed by atoms with E-state index in [1.54, 1.807) is 19.3 Å². The molecule has 2 aromatic heterocycles. The molecule has 0 aliphatic rings. The fourth-order valence-electron chi connectivity index (χ4n) is 1.79. The van der Waals surface area contributed by atoms with Gasteiger partial charge in [0.1, 0.15) is 5.82 Å². The molecule has 0 radical (unpaired) electrons. The van der Waals surface area contributed by atoms with E-state index in [1.165, 1.54) is 0 Å². The molecule has 0 aliphatic heterocycles. The molecule has 0 unspecified atom stereocenters. The van der Waals surface area contributed by atoms with Crippen LogP contribution in [0.4, 0.5) is 0 Å². The maximum absolute atomic E-state index is 12.3. The Labute approximate surface area is 123 Å². The van der Waals surface area contributed by atoms with Crippen LogP contribution in [-0.2, 0) is 23.1 Å². The van der Waals surface area contributed by atoms with Crippen LogP contribution in [0.1, 0.15) is 30.9 Å². The minimum Gasteiger partial charge on any atom is -0.347 e. The van der Waals surface area contributed by atoms with Gasteiger partial charge < -0.3 is 10.3 Å². The van der Waals surface area contributed by atoms with Crippen molar-refractivity contribution < 1.29 is 8.42 Å². The first-order valence-corrected chi connectivity index (χ1v) is 8.13. The van der Waals surface area contributed by atoms with Crippen LogP contribution in [0.2, 0.25) is 0 Å². The number of sulfonamides is 1.